The molecule has 2 aromatic rings. The second-order valence-corrected chi connectivity index (χ2v) is 4.70. The van der Waals surface area contributed by atoms with Crippen molar-refractivity contribution in [1.29, 1.82) is 0 Å². The summed E-state index contributed by atoms with van der Waals surface area (Å²) in [4.78, 5) is 11.3. The number of aryl methyl sites for hydroxylation is 1. The summed E-state index contributed by atoms with van der Waals surface area (Å²) >= 11 is 0. The Morgan fingerprint density at radius 2 is 2.30 bits per heavy atom. The first-order valence-corrected chi connectivity index (χ1v) is 6.27. The third kappa shape index (κ3) is 1.89. The highest BCUT2D eigenvalue weighted by Gasteiger charge is 2.27. The number of fused-ring (bicyclic) bond motifs is 1. The van der Waals surface area contributed by atoms with Gasteiger partial charge in [0.15, 0.2) is 5.69 Å². The fourth-order valence-corrected chi connectivity index (χ4v) is 2.48. The number of carboxylic acid groups (broad SMARTS) is 1. The largest absolute Gasteiger partial charge is 0.476 e. The molecule has 104 valence electrons. The first-order chi connectivity index (χ1) is 9.59. The van der Waals surface area contributed by atoms with Gasteiger partial charge in [0.05, 0.1) is 18.9 Å². The lowest BCUT2D eigenvalue weighted by Gasteiger charge is -2.16. The molecule has 20 heavy (non-hydrogen) atoms. The topological polar surface area (TPSA) is 64.4 Å². The molecule has 1 aliphatic heterocycles. The summed E-state index contributed by atoms with van der Waals surface area (Å²) in [5, 5.41) is 13.3. The summed E-state index contributed by atoms with van der Waals surface area (Å²) in [5.74, 6) is -1.54. The summed E-state index contributed by atoms with van der Waals surface area (Å²) in [5.41, 5.74) is 2.19. The Kier molecular flexibility index (Phi) is 3.02. The highest BCUT2D eigenvalue weighted by molar-refractivity contribution is 5.87. The van der Waals surface area contributed by atoms with E-state index < -0.39 is 11.8 Å². The zero-order valence-electron chi connectivity index (χ0n) is 10.9. The molecule has 1 N–H and O–H groups in total. The van der Waals surface area contributed by atoms with Crippen LogP contribution in [0.3, 0.4) is 0 Å². The second kappa shape index (κ2) is 4.72. The van der Waals surface area contributed by atoms with Gasteiger partial charge in [-0.2, -0.15) is 5.10 Å². The van der Waals surface area contributed by atoms with Crippen LogP contribution in [0.25, 0.3) is 5.69 Å². The van der Waals surface area contributed by atoms with Gasteiger partial charge in [0.25, 0.3) is 0 Å². The van der Waals surface area contributed by atoms with E-state index in [1.165, 1.54) is 10.7 Å². The van der Waals surface area contributed by atoms with E-state index in [0.29, 0.717) is 35.5 Å². The van der Waals surface area contributed by atoms with Crippen LogP contribution in [0, 0.1) is 12.7 Å². The van der Waals surface area contributed by atoms with E-state index in [4.69, 9.17) is 4.74 Å². The minimum Gasteiger partial charge on any atom is -0.476 e. The molecule has 1 aliphatic rings. The highest BCUT2D eigenvalue weighted by Crippen LogP contribution is 2.26. The summed E-state index contributed by atoms with van der Waals surface area (Å²) in [6.45, 7) is 2.45. The van der Waals surface area contributed by atoms with Gasteiger partial charge in [-0.3, -0.25) is 0 Å². The number of para-hydroxylation sites is 1. The Bertz CT molecular complexity index is 674. The quantitative estimate of drug-likeness (QED) is 0.912. The van der Waals surface area contributed by atoms with Crippen LogP contribution < -0.4 is 0 Å². The number of benzene rings is 1. The van der Waals surface area contributed by atoms with Crippen molar-refractivity contribution in [2.75, 3.05) is 6.61 Å². The van der Waals surface area contributed by atoms with Crippen molar-refractivity contribution in [2.45, 2.75) is 20.0 Å². The summed E-state index contributed by atoms with van der Waals surface area (Å²) in [6.07, 6.45) is 0.517. The highest BCUT2D eigenvalue weighted by atomic mass is 19.1. The van der Waals surface area contributed by atoms with Crippen LogP contribution in [0.15, 0.2) is 18.2 Å². The van der Waals surface area contributed by atoms with E-state index >= 15 is 0 Å². The molecule has 0 fully saturated rings. The fraction of sp³-hybridized carbons (Fsp3) is 0.286. The average Bonchev–Trinajstić information content (AvgIpc) is 2.79. The minimum atomic E-state index is -1.13. The van der Waals surface area contributed by atoms with Gasteiger partial charge in [-0.05, 0) is 18.6 Å². The molecule has 1 aromatic carbocycles. The molecular weight excluding hydrogens is 263 g/mol. The van der Waals surface area contributed by atoms with Gasteiger partial charge in [-0.15, -0.1) is 0 Å². The molecule has 0 unspecified atom stereocenters. The zero-order chi connectivity index (χ0) is 14.3. The Balaban J connectivity index is 2.27. The van der Waals surface area contributed by atoms with Crippen LogP contribution in [-0.4, -0.2) is 27.5 Å². The predicted octanol–water partition coefficient (Wildman–Crippen LogP) is 2.09. The van der Waals surface area contributed by atoms with E-state index in [9.17, 15) is 14.3 Å². The minimum absolute atomic E-state index is 0.0673. The average molecular weight is 276 g/mol. The number of carboxylic acids is 1. The van der Waals surface area contributed by atoms with Crippen molar-refractivity contribution in [2.24, 2.45) is 0 Å². The van der Waals surface area contributed by atoms with Crippen LogP contribution in [0.4, 0.5) is 4.39 Å². The molecule has 0 saturated heterocycles. The molecule has 0 bridgehead atoms. The van der Waals surface area contributed by atoms with Crippen molar-refractivity contribution in [3.8, 4) is 5.69 Å². The first kappa shape index (κ1) is 12.8. The maximum Gasteiger partial charge on any atom is 0.356 e. The van der Waals surface area contributed by atoms with Crippen molar-refractivity contribution < 1.29 is 19.0 Å². The molecule has 0 saturated carbocycles. The summed E-state index contributed by atoms with van der Waals surface area (Å²) in [7, 11) is 0. The molecule has 1 aromatic heterocycles. The Hall–Kier alpha value is -2.21. The lowest BCUT2D eigenvalue weighted by molar-refractivity contribution is 0.0677. The van der Waals surface area contributed by atoms with Crippen LogP contribution in [0.2, 0.25) is 0 Å². The number of halogens is 1. The Morgan fingerprint density at radius 1 is 1.50 bits per heavy atom. The number of hydrogen-bond donors (Lipinski definition) is 1. The molecule has 3 rings (SSSR count). The number of ether oxygens (including phenoxy) is 1. The van der Waals surface area contributed by atoms with E-state index in [-0.39, 0.29) is 12.3 Å². The lowest BCUT2D eigenvalue weighted by Crippen LogP contribution is -2.14. The van der Waals surface area contributed by atoms with Crippen molar-refractivity contribution in [3.05, 3.63) is 46.5 Å². The standard InChI is InChI=1S/C14H13FN2O3/c1-8-3-2-4-10(15)13(8)17-11-5-6-20-7-9(11)12(16-17)14(18)19/h2-4H,5-7H2,1H3,(H,18,19). The number of hydrogen-bond acceptors (Lipinski definition) is 3. The molecule has 5 nitrogen and oxygen atoms in total. The number of rotatable bonds is 2. The molecule has 0 amide bonds. The third-order valence-corrected chi connectivity index (χ3v) is 3.42. The molecular formula is C14H13FN2O3. The summed E-state index contributed by atoms with van der Waals surface area (Å²) < 4.78 is 20.8. The van der Waals surface area contributed by atoms with Crippen molar-refractivity contribution in [1.82, 2.24) is 9.78 Å². The van der Waals surface area contributed by atoms with Gasteiger partial charge in [0.1, 0.15) is 11.5 Å². The lowest BCUT2D eigenvalue weighted by atomic mass is 10.1. The smallest absolute Gasteiger partial charge is 0.356 e. The normalized spacial score (nSPS) is 14.1. The SMILES string of the molecule is Cc1cccc(F)c1-n1nc(C(=O)O)c2c1CCOC2. The van der Waals surface area contributed by atoms with E-state index in [0.717, 1.165) is 0 Å². The molecule has 0 spiro atoms. The molecule has 0 aliphatic carbocycles. The number of nitrogens with zero attached hydrogens (tertiary/aromatic N) is 2. The van der Waals surface area contributed by atoms with Crippen LogP contribution >= 0.6 is 0 Å². The second-order valence-electron chi connectivity index (χ2n) is 4.70. The number of aromatic nitrogens is 2. The monoisotopic (exact) mass is 276 g/mol. The van der Waals surface area contributed by atoms with Crippen LogP contribution in [-0.2, 0) is 17.8 Å². The predicted molar refractivity (Wildman–Crippen MR) is 68.6 cm³/mol. The van der Waals surface area contributed by atoms with E-state index in [1.54, 1.807) is 19.1 Å². The third-order valence-electron chi connectivity index (χ3n) is 3.42. The van der Waals surface area contributed by atoms with Gasteiger partial charge >= 0.3 is 5.97 Å². The van der Waals surface area contributed by atoms with E-state index in [1.807, 2.05) is 0 Å². The van der Waals surface area contributed by atoms with Gasteiger partial charge in [-0.25, -0.2) is 13.9 Å². The Labute approximate surface area is 114 Å². The van der Waals surface area contributed by atoms with Crippen molar-refractivity contribution >= 4 is 5.97 Å². The molecule has 0 radical (unpaired) electrons. The van der Waals surface area contributed by atoms with Crippen LogP contribution in [0.1, 0.15) is 27.3 Å². The number of carbonyl (C=O) groups is 1. The van der Waals surface area contributed by atoms with Crippen LogP contribution in [0.5, 0.6) is 0 Å². The first-order valence-electron chi connectivity index (χ1n) is 6.27. The zero-order valence-corrected chi connectivity index (χ0v) is 10.9. The van der Waals surface area contributed by atoms with Crippen molar-refractivity contribution in [3.63, 3.8) is 0 Å². The Morgan fingerprint density at radius 3 is 3.00 bits per heavy atom. The maximum atomic E-state index is 14.1. The van der Waals surface area contributed by atoms with Gasteiger partial charge in [0, 0.05) is 12.0 Å². The molecule has 2 heterocycles. The van der Waals surface area contributed by atoms with Gasteiger partial charge in [-0.1, -0.05) is 12.1 Å². The molecule has 0 atom stereocenters. The number of aromatic carboxylic acids is 1. The fourth-order valence-electron chi connectivity index (χ4n) is 2.48. The van der Waals surface area contributed by atoms with E-state index in [2.05, 4.69) is 5.10 Å². The molecule has 6 heteroatoms. The van der Waals surface area contributed by atoms with Gasteiger partial charge < -0.3 is 9.84 Å². The van der Waals surface area contributed by atoms with Gasteiger partial charge in [0.2, 0.25) is 0 Å². The maximum absolute atomic E-state index is 14.1. The summed E-state index contributed by atoms with van der Waals surface area (Å²) in [6, 6.07) is 4.73.